The van der Waals surface area contributed by atoms with E-state index in [4.69, 9.17) is 23.7 Å². The fourth-order valence-electron chi connectivity index (χ4n) is 4.35. The Morgan fingerprint density at radius 1 is 1.17 bits per heavy atom. The topological polar surface area (TPSA) is 83.5 Å². The summed E-state index contributed by atoms with van der Waals surface area (Å²) in [5.41, 5.74) is 0.426. The standard InChI is InChI=1S/C23H22O7/c1-11(2)16-7-13-15(29-16)6-5-12-21(13)30-20-10-28-17-9-19(27-4)18(26-3)8-14(17)23(20,25)22(12)24/h5-6,8-9,16,20,25H,1,7,10H2,2-4H3/t16-,20+,23-/m1/s1. The van der Waals surface area contributed by atoms with E-state index in [9.17, 15) is 9.90 Å². The number of hydrogen-bond donors (Lipinski definition) is 1. The number of hydrogen-bond acceptors (Lipinski definition) is 7. The average molecular weight is 410 g/mol. The van der Waals surface area contributed by atoms with Gasteiger partial charge in [-0.05, 0) is 30.7 Å². The van der Waals surface area contributed by atoms with Gasteiger partial charge in [0.2, 0.25) is 5.78 Å². The number of Topliss-reactive ketones (excluding diaryl/α,β-unsaturated/α-hetero) is 1. The van der Waals surface area contributed by atoms with Gasteiger partial charge in [-0.25, -0.2) is 0 Å². The van der Waals surface area contributed by atoms with Crippen LogP contribution in [-0.2, 0) is 12.0 Å². The van der Waals surface area contributed by atoms with Crippen molar-refractivity contribution in [2.75, 3.05) is 20.8 Å². The van der Waals surface area contributed by atoms with E-state index in [2.05, 4.69) is 6.58 Å². The van der Waals surface area contributed by atoms with Gasteiger partial charge < -0.3 is 28.8 Å². The van der Waals surface area contributed by atoms with Gasteiger partial charge in [0.1, 0.15) is 30.0 Å². The van der Waals surface area contributed by atoms with E-state index in [0.717, 1.165) is 11.1 Å². The summed E-state index contributed by atoms with van der Waals surface area (Å²) < 4.78 is 28.6. The van der Waals surface area contributed by atoms with Gasteiger partial charge >= 0.3 is 0 Å². The molecule has 0 amide bonds. The normalized spacial score (nSPS) is 25.5. The molecule has 5 rings (SSSR count). The highest BCUT2D eigenvalue weighted by molar-refractivity contribution is 6.07. The first-order valence-electron chi connectivity index (χ1n) is 9.69. The van der Waals surface area contributed by atoms with Crippen molar-refractivity contribution in [1.29, 1.82) is 0 Å². The maximum Gasteiger partial charge on any atom is 0.206 e. The maximum atomic E-state index is 13.6. The van der Waals surface area contributed by atoms with Crippen molar-refractivity contribution in [2.24, 2.45) is 0 Å². The molecule has 7 nitrogen and oxygen atoms in total. The largest absolute Gasteiger partial charge is 0.493 e. The van der Waals surface area contributed by atoms with E-state index in [1.54, 1.807) is 24.3 Å². The molecule has 0 radical (unpaired) electrons. The first-order valence-corrected chi connectivity index (χ1v) is 9.69. The summed E-state index contributed by atoms with van der Waals surface area (Å²) in [5.74, 6) is 1.88. The Balaban J connectivity index is 1.63. The quantitative estimate of drug-likeness (QED) is 0.779. The van der Waals surface area contributed by atoms with Crippen molar-refractivity contribution in [2.45, 2.75) is 31.2 Å². The molecule has 0 unspecified atom stereocenters. The van der Waals surface area contributed by atoms with Gasteiger partial charge in [-0.1, -0.05) is 6.58 Å². The molecule has 0 fully saturated rings. The average Bonchev–Trinajstić information content (AvgIpc) is 3.19. The van der Waals surface area contributed by atoms with Gasteiger partial charge in [-0.3, -0.25) is 4.79 Å². The van der Waals surface area contributed by atoms with E-state index >= 15 is 0 Å². The Morgan fingerprint density at radius 2 is 1.90 bits per heavy atom. The summed E-state index contributed by atoms with van der Waals surface area (Å²) in [4.78, 5) is 13.6. The van der Waals surface area contributed by atoms with Gasteiger partial charge in [0.05, 0.1) is 19.8 Å². The van der Waals surface area contributed by atoms with Crippen LogP contribution in [0.3, 0.4) is 0 Å². The Bertz CT molecular complexity index is 1090. The summed E-state index contributed by atoms with van der Waals surface area (Å²) in [5, 5.41) is 11.6. The number of carbonyl (C=O) groups excluding carboxylic acids is 1. The Labute approximate surface area is 173 Å². The third kappa shape index (κ3) is 2.38. The zero-order chi connectivity index (χ0) is 21.2. The van der Waals surface area contributed by atoms with E-state index in [1.165, 1.54) is 14.2 Å². The molecular formula is C23H22O7. The number of benzene rings is 2. The monoisotopic (exact) mass is 410 g/mol. The highest BCUT2D eigenvalue weighted by atomic mass is 16.6. The molecule has 0 saturated carbocycles. The third-order valence-corrected chi connectivity index (χ3v) is 6.03. The minimum Gasteiger partial charge on any atom is -0.493 e. The van der Waals surface area contributed by atoms with E-state index < -0.39 is 17.5 Å². The van der Waals surface area contributed by atoms with Crippen LogP contribution in [0.2, 0.25) is 0 Å². The van der Waals surface area contributed by atoms with Gasteiger partial charge in [0, 0.05) is 23.6 Å². The van der Waals surface area contributed by atoms with Crippen LogP contribution in [0.5, 0.6) is 28.7 Å². The van der Waals surface area contributed by atoms with Crippen molar-refractivity contribution in [3.63, 3.8) is 0 Å². The first kappa shape index (κ1) is 18.8. The molecule has 3 heterocycles. The Kier molecular flexibility index (Phi) is 4.02. The molecule has 2 aromatic rings. The molecule has 3 atom stereocenters. The number of carbonyl (C=O) groups is 1. The lowest BCUT2D eigenvalue weighted by Gasteiger charge is -2.43. The summed E-state index contributed by atoms with van der Waals surface area (Å²) in [6.07, 6.45) is -0.501. The van der Waals surface area contributed by atoms with Crippen LogP contribution in [0, 0.1) is 0 Å². The molecule has 30 heavy (non-hydrogen) atoms. The highest BCUT2D eigenvalue weighted by Gasteiger charge is 2.56. The second-order valence-electron chi connectivity index (χ2n) is 7.79. The zero-order valence-corrected chi connectivity index (χ0v) is 17.0. The van der Waals surface area contributed by atoms with Crippen LogP contribution in [0.15, 0.2) is 36.4 Å². The molecule has 7 heteroatoms. The molecule has 0 bridgehead atoms. The molecule has 156 valence electrons. The molecule has 3 aliphatic rings. The van der Waals surface area contributed by atoms with Crippen LogP contribution in [-0.4, -0.2) is 43.9 Å². The molecule has 3 aliphatic heterocycles. The zero-order valence-electron chi connectivity index (χ0n) is 17.0. The summed E-state index contributed by atoms with van der Waals surface area (Å²) >= 11 is 0. The van der Waals surface area contributed by atoms with Crippen molar-refractivity contribution < 1.29 is 33.6 Å². The molecular weight excluding hydrogens is 388 g/mol. The van der Waals surface area contributed by atoms with Crippen molar-refractivity contribution in [1.82, 2.24) is 0 Å². The van der Waals surface area contributed by atoms with Gasteiger partial charge in [-0.2, -0.15) is 0 Å². The van der Waals surface area contributed by atoms with E-state index in [1.807, 2.05) is 6.92 Å². The predicted octanol–water partition coefficient (Wildman–Crippen LogP) is 2.81. The number of methoxy groups -OCH3 is 2. The smallest absolute Gasteiger partial charge is 0.206 e. The summed E-state index contributed by atoms with van der Waals surface area (Å²) in [7, 11) is 3.00. The molecule has 0 aromatic heterocycles. The number of ether oxygens (including phenoxy) is 5. The SMILES string of the molecule is C=C(C)[C@H]1Cc2c(ccc3c2O[C@H]2COc4cc(OC)c(OC)cc4[C@]2(O)C3=O)O1. The fraction of sp³-hybridized carbons (Fsp3) is 0.348. The maximum absolute atomic E-state index is 13.6. The minimum atomic E-state index is -1.90. The van der Waals surface area contributed by atoms with E-state index in [-0.39, 0.29) is 12.7 Å². The number of ketones is 1. The lowest BCUT2D eigenvalue weighted by molar-refractivity contribution is -0.0802. The van der Waals surface area contributed by atoms with Crippen LogP contribution in [0.1, 0.15) is 28.4 Å². The van der Waals surface area contributed by atoms with Gasteiger partial charge in [0.25, 0.3) is 0 Å². The van der Waals surface area contributed by atoms with Crippen LogP contribution >= 0.6 is 0 Å². The van der Waals surface area contributed by atoms with Crippen molar-refractivity contribution in [3.05, 3.63) is 53.1 Å². The fourth-order valence-corrected chi connectivity index (χ4v) is 4.35. The minimum absolute atomic E-state index is 0.0125. The Morgan fingerprint density at radius 3 is 2.60 bits per heavy atom. The molecule has 2 aromatic carbocycles. The van der Waals surface area contributed by atoms with E-state index in [0.29, 0.717) is 46.3 Å². The van der Waals surface area contributed by atoms with Crippen molar-refractivity contribution >= 4 is 5.78 Å². The molecule has 0 aliphatic carbocycles. The second kappa shape index (κ2) is 6.40. The lowest BCUT2D eigenvalue weighted by Crippen LogP contribution is -2.57. The molecule has 0 saturated heterocycles. The molecule has 0 spiro atoms. The van der Waals surface area contributed by atoms with Gasteiger partial charge in [0.15, 0.2) is 23.2 Å². The Hall–Kier alpha value is -3.19. The predicted molar refractivity (Wildman–Crippen MR) is 107 cm³/mol. The number of fused-ring (bicyclic) bond motifs is 6. The third-order valence-electron chi connectivity index (χ3n) is 6.03. The van der Waals surface area contributed by atoms with Crippen LogP contribution < -0.4 is 23.7 Å². The lowest BCUT2D eigenvalue weighted by atomic mass is 9.77. The number of rotatable bonds is 3. The van der Waals surface area contributed by atoms with Crippen LogP contribution in [0.4, 0.5) is 0 Å². The molecule has 1 N–H and O–H groups in total. The second-order valence-corrected chi connectivity index (χ2v) is 7.79. The van der Waals surface area contributed by atoms with Crippen molar-refractivity contribution in [3.8, 4) is 28.7 Å². The summed E-state index contributed by atoms with van der Waals surface area (Å²) in [6.45, 7) is 5.88. The first-order chi connectivity index (χ1) is 14.4. The summed E-state index contributed by atoms with van der Waals surface area (Å²) in [6, 6.07) is 6.57. The number of aliphatic hydroxyl groups is 1. The van der Waals surface area contributed by atoms with Crippen LogP contribution in [0.25, 0.3) is 0 Å². The van der Waals surface area contributed by atoms with Gasteiger partial charge in [-0.15, -0.1) is 0 Å². The highest BCUT2D eigenvalue weighted by Crippen LogP contribution is 2.51.